The van der Waals surface area contributed by atoms with E-state index in [1.807, 2.05) is 30.3 Å². The lowest BCUT2D eigenvalue weighted by Crippen LogP contribution is -2.27. The van der Waals surface area contributed by atoms with E-state index in [2.05, 4.69) is 25.4 Å². The molecule has 1 atom stereocenters. The quantitative estimate of drug-likeness (QED) is 0.694. The molecule has 1 fully saturated rings. The van der Waals surface area contributed by atoms with Gasteiger partial charge in [0.25, 0.3) is 5.91 Å². The van der Waals surface area contributed by atoms with E-state index in [1.165, 1.54) is 18.6 Å². The summed E-state index contributed by atoms with van der Waals surface area (Å²) in [5, 5.41) is 6.59. The molecule has 0 aliphatic carbocycles. The van der Waals surface area contributed by atoms with Gasteiger partial charge in [-0.15, -0.1) is 0 Å². The maximum Gasteiger partial charge on any atom is 0.271 e. The van der Waals surface area contributed by atoms with Gasteiger partial charge in [0.1, 0.15) is 11.7 Å². The van der Waals surface area contributed by atoms with E-state index in [9.17, 15) is 9.59 Å². The number of amides is 2. The van der Waals surface area contributed by atoms with Gasteiger partial charge >= 0.3 is 0 Å². The molecule has 1 N–H and O–H groups in total. The summed E-state index contributed by atoms with van der Waals surface area (Å²) in [5.74, 6) is 0.405. The van der Waals surface area contributed by atoms with Gasteiger partial charge in [-0.05, 0) is 12.0 Å². The highest BCUT2D eigenvalue weighted by Crippen LogP contribution is 2.33. The van der Waals surface area contributed by atoms with Gasteiger partial charge in [-0.1, -0.05) is 35.5 Å². The number of nitrogens with one attached hydrogen (secondary N) is 1. The first-order chi connectivity index (χ1) is 13.7. The first-order valence-electron chi connectivity index (χ1n) is 8.91. The summed E-state index contributed by atoms with van der Waals surface area (Å²) in [6.07, 6.45) is 5.38. The highest BCUT2D eigenvalue weighted by molar-refractivity contribution is 5.91. The number of rotatable bonds is 6. The average Bonchev–Trinajstić information content (AvgIpc) is 3.35. The molecule has 0 bridgehead atoms. The molecule has 9 nitrogen and oxygen atoms in total. The second-order valence-corrected chi connectivity index (χ2v) is 6.38. The lowest BCUT2D eigenvalue weighted by Gasteiger charge is -2.22. The van der Waals surface area contributed by atoms with E-state index in [4.69, 9.17) is 4.52 Å². The van der Waals surface area contributed by atoms with Gasteiger partial charge in [-0.3, -0.25) is 14.6 Å². The summed E-state index contributed by atoms with van der Waals surface area (Å²) in [6, 6.07) is 9.51. The summed E-state index contributed by atoms with van der Waals surface area (Å²) in [5.41, 5.74) is 1.25. The van der Waals surface area contributed by atoms with Crippen molar-refractivity contribution in [3.05, 3.63) is 71.9 Å². The summed E-state index contributed by atoms with van der Waals surface area (Å²) < 4.78 is 5.37. The molecule has 9 heteroatoms. The van der Waals surface area contributed by atoms with Crippen LogP contribution >= 0.6 is 0 Å². The first kappa shape index (κ1) is 17.8. The molecule has 1 saturated heterocycles. The molecule has 1 aliphatic rings. The van der Waals surface area contributed by atoms with E-state index < -0.39 is 0 Å². The summed E-state index contributed by atoms with van der Waals surface area (Å²) in [6.45, 7) is 0.587. The molecule has 142 valence electrons. The summed E-state index contributed by atoms with van der Waals surface area (Å²) in [4.78, 5) is 38.2. The largest absolute Gasteiger partial charge is 0.343 e. The third-order valence-electron chi connectivity index (χ3n) is 4.50. The van der Waals surface area contributed by atoms with Gasteiger partial charge in [0, 0.05) is 25.4 Å². The van der Waals surface area contributed by atoms with Crippen LogP contribution in [0.5, 0.6) is 0 Å². The monoisotopic (exact) mass is 378 g/mol. The number of benzene rings is 1. The van der Waals surface area contributed by atoms with Crippen molar-refractivity contribution in [2.24, 2.45) is 0 Å². The minimum absolute atomic E-state index is 0.0598. The molecule has 4 rings (SSSR count). The van der Waals surface area contributed by atoms with Crippen LogP contribution in [0.25, 0.3) is 0 Å². The van der Waals surface area contributed by atoms with Gasteiger partial charge in [-0.25, -0.2) is 4.98 Å². The fraction of sp³-hybridized carbons (Fsp3) is 0.263. The van der Waals surface area contributed by atoms with Gasteiger partial charge in [-0.2, -0.15) is 4.98 Å². The van der Waals surface area contributed by atoms with E-state index >= 15 is 0 Å². The standard InChI is InChI=1S/C19H18N6O3/c26-17-7-6-15(25(17)12-13-4-2-1-3-5-13)19-23-16(24-28-19)11-22-18(27)14-10-20-8-9-21-14/h1-5,8-10,15H,6-7,11-12H2,(H,22,27)/t15-/m0/s1. The number of carbonyl (C=O) groups excluding carboxylic acids is 2. The Balaban J connectivity index is 1.41. The average molecular weight is 378 g/mol. The van der Waals surface area contributed by atoms with Crippen LogP contribution in [-0.4, -0.2) is 36.8 Å². The zero-order chi connectivity index (χ0) is 19.3. The molecule has 2 amide bonds. The number of hydrogen-bond acceptors (Lipinski definition) is 7. The lowest BCUT2D eigenvalue weighted by molar-refractivity contribution is -0.130. The SMILES string of the molecule is O=C(NCc1noc([C@@H]2CCC(=O)N2Cc2ccccc2)n1)c1cnccn1. The Morgan fingerprint density at radius 1 is 1.25 bits per heavy atom. The predicted molar refractivity (Wildman–Crippen MR) is 96.5 cm³/mol. The van der Waals surface area contributed by atoms with Crippen LogP contribution in [0.2, 0.25) is 0 Å². The van der Waals surface area contributed by atoms with Crippen LogP contribution in [0.3, 0.4) is 0 Å². The first-order valence-corrected chi connectivity index (χ1v) is 8.91. The fourth-order valence-electron chi connectivity index (χ4n) is 3.11. The van der Waals surface area contributed by atoms with E-state index in [1.54, 1.807) is 4.90 Å². The summed E-state index contributed by atoms with van der Waals surface area (Å²) in [7, 11) is 0. The molecule has 0 radical (unpaired) electrons. The zero-order valence-corrected chi connectivity index (χ0v) is 15.0. The third-order valence-corrected chi connectivity index (χ3v) is 4.50. The molecule has 0 spiro atoms. The smallest absolute Gasteiger partial charge is 0.271 e. The van der Waals surface area contributed by atoms with Gasteiger partial charge in [0.15, 0.2) is 5.82 Å². The van der Waals surface area contributed by atoms with Crippen LogP contribution in [0.15, 0.2) is 53.4 Å². The van der Waals surface area contributed by atoms with Crippen molar-refractivity contribution < 1.29 is 14.1 Å². The van der Waals surface area contributed by atoms with Gasteiger partial charge < -0.3 is 14.7 Å². The Hall–Kier alpha value is -3.62. The van der Waals surface area contributed by atoms with E-state index in [-0.39, 0.29) is 30.1 Å². The molecule has 3 aromatic rings. The Labute approximate surface area is 160 Å². The Bertz CT molecular complexity index is 960. The number of hydrogen-bond donors (Lipinski definition) is 1. The number of carbonyl (C=O) groups is 2. The van der Waals surface area contributed by atoms with Crippen molar-refractivity contribution in [3.8, 4) is 0 Å². The van der Waals surface area contributed by atoms with E-state index in [0.29, 0.717) is 31.1 Å². The van der Waals surface area contributed by atoms with Crippen molar-refractivity contribution >= 4 is 11.8 Å². The Kier molecular flexibility index (Phi) is 5.05. The highest BCUT2D eigenvalue weighted by Gasteiger charge is 2.35. The minimum Gasteiger partial charge on any atom is -0.343 e. The molecule has 0 saturated carbocycles. The van der Waals surface area contributed by atoms with Crippen LogP contribution in [0.4, 0.5) is 0 Å². The van der Waals surface area contributed by atoms with Crippen LogP contribution < -0.4 is 5.32 Å². The number of nitrogens with zero attached hydrogens (tertiary/aromatic N) is 5. The van der Waals surface area contributed by atoms with Crippen molar-refractivity contribution in [1.82, 2.24) is 30.3 Å². The topological polar surface area (TPSA) is 114 Å². The number of aromatic nitrogens is 4. The van der Waals surface area contributed by atoms with Crippen molar-refractivity contribution in [2.75, 3.05) is 0 Å². The zero-order valence-electron chi connectivity index (χ0n) is 15.0. The second kappa shape index (κ2) is 7.95. The maximum atomic E-state index is 12.3. The minimum atomic E-state index is -0.374. The Morgan fingerprint density at radius 2 is 2.11 bits per heavy atom. The molecular formula is C19H18N6O3. The van der Waals surface area contributed by atoms with Crippen molar-refractivity contribution in [2.45, 2.75) is 32.0 Å². The summed E-state index contributed by atoms with van der Waals surface area (Å²) >= 11 is 0. The molecule has 2 aromatic heterocycles. The molecule has 28 heavy (non-hydrogen) atoms. The predicted octanol–water partition coefficient (Wildman–Crippen LogP) is 1.65. The van der Waals surface area contributed by atoms with Gasteiger partial charge in [0.2, 0.25) is 11.8 Å². The van der Waals surface area contributed by atoms with Crippen LogP contribution in [-0.2, 0) is 17.9 Å². The number of likely N-dealkylation sites (tertiary alicyclic amines) is 1. The van der Waals surface area contributed by atoms with Crippen molar-refractivity contribution in [1.29, 1.82) is 0 Å². The lowest BCUT2D eigenvalue weighted by atomic mass is 10.2. The molecule has 0 unspecified atom stereocenters. The molecule has 3 heterocycles. The fourth-order valence-corrected chi connectivity index (χ4v) is 3.11. The molecular weight excluding hydrogens is 360 g/mol. The van der Waals surface area contributed by atoms with Crippen LogP contribution in [0, 0.1) is 0 Å². The van der Waals surface area contributed by atoms with Gasteiger partial charge in [0.05, 0.1) is 12.7 Å². The normalized spacial score (nSPS) is 16.4. The van der Waals surface area contributed by atoms with Crippen molar-refractivity contribution in [3.63, 3.8) is 0 Å². The third kappa shape index (κ3) is 3.88. The van der Waals surface area contributed by atoms with Crippen LogP contribution in [0.1, 0.15) is 46.7 Å². The molecule has 1 aliphatic heterocycles. The molecule has 1 aromatic carbocycles. The van der Waals surface area contributed by atoms with E-state index in [0.717, 1.165) is 5.56 Å². The Morgan fingerprint density at radius 3 is 2.89 bits per heavy atom. The second-order valence-electron chi connectivity index (χ2n) is 6.38. The maximum absolute atomic E-state index is 12.3. The highest BCUT2D eigenvalue weighted by atomic mass is 16.5.